The zero-order chi connectivity index (χ0) is 10.5. The standard InChI is InChI=1S/C3H3N3O2.H3O4P/c7-6(8)3-4-1-2-5-3;1-5(2,3)4/h1-2H,(H,4,5);(H3,1,2,3,4). The molecule has 1 aromatic heterocycles. The van der Waals surface area contributed by atoms with Crippen molar-refractivity contribution in [1.29, 1.82) is 0 Å². The van der Waals surface area contributed by atoms with E-state index in [1.54, 1.807) is 0 Å². The van der Waals surface area contributed by atoms with E-state index in [1.807, 2.05) is 0 Å². The molecule has 0 fully saturated rings. The smallest absolute Gasteiger partial charge is 0.390 e. The maximum absolute atomic E-state index is 9.77. The van der Waals surface area contributed by atoms with Crippen LogP contribution in [0.3, 0.4) is 0 Å². The van der Waals surface area contributed by atoms with Gasteiger partial charge in [0.25, 0.3) is 0 Å². The van der Waals surface area contributed by atoms with Crippen molar-refractivity contribution in [2.45, 2.75) is 0 Å². The summed E-state index contributed by atoms with van der Waals surface area (Å²) in [6, 6.07) is 0. The Bertz CT molecular complexity index is 295. The normalized spacial score (nSPS) is 10.1. The number of nitro groups is 1. The molecule has 0 aliphatic carbocycles. The average Bonchev–Trinajstić information content (AvgIpc) is 2.31. The molecule has 0 aliphatic rings. The van der Waals surface area contributed by atoms with Crippen molar-refractivity contribution < 1.29 is 24.2 Å². The van der Waals surface area contributed by atoms with Crippen LogP contribution in [0.15, 0.2) is 12.4 Å². The van der Waals surface area contributed by atoms with E-state index in [0.717, 1.165) is 0 Å². The Balaban J connectivity index is 0.000000252. The van der Waals surface area contributed by atoms with Gasteiger partial charge >= 0.3 is 13.8 Å². The first kappa shape index (κ1) is 11.7. The minimum absolute atomic E-state index is 0.218. The maximum atomic E-state index is 9.77. The summed E-state index contributed by atoms with van der Waals surface area (Å²) >= 11 is 0. The Labute approximate surface area is 71.5 Å². The summed E-state index contributed by atoms with van der Waals surface area (Å²) in [5.74, 6) is -0.218. The van der Waals surface area contributed by atoms with Gasteiger partial charge in [-0.1, -0.05) is 4.98 Å². The van der Waals surface area contributed by atoms with E-state index in [4.69, 9.17) is 19.2 Å². The van der Waals surface area contributed by atoms with Gasteiger partial charge < -0.3 is 24.8 Å². The SMILES string of the molecule is O=P(O)(O)O.O=[N+]([O-])c1ncc[nH]1. The van der Waals surface area contributed by atoms with Crippen molar-refractivity contribution in [2.75, 3.05) is 0 Å². The predicted octanol–water partition coefficient (Wildman–Crippen LogP) is -0.611. The number of hydrogen-bond acceptors (Lipinski definition) is 4. The predicted molar refractivity (Wildman–Crippen MR) is 39.5 cm³/mol. The van der Waals surface area contributed by atoms with Crippen LogP contribution in [-0.2, 0) is 4.57 Å². The number of aromatic nitrogens is 2. The fraction of sp³-hybridized carbons (Fsp3) is 0. The van der Waals surface area contributed by atoms with Gasteiger partial charge in [-0.05, 0) is 4.92 Å². The van der Waals surface area contributed by atoms with E-state index in [-0.39, 0.29) is 5.95 Å². The summed E-state index contributed by atoms with van der Waals surface area (Å²) in [7, 11) is -4.64. The molecule has 1 aromatic rings. The second kappa shape index (κ2) is 4.67. The van der Waals surface area contributed by atoms with Crippen molar-refractivity contribution in [2.24, 2.45) is 0 Å². The Kier molecular flexibility index (Phi) is 4.21. The molecular weight excluding hydrogens is 205 g/mol. The molecule has 0 bridgehead atoms. The highest BCUT2D eigenvalue weighted by atomic mass is 31.2. The minimum atomic E-state index is -4.64. The van der Waals surface area contributed by atoms with E-state index < -0.39 is 12.7 Å². The topological polar surface area (TPSA) is 150 Å². The van der Waals surface area contributed by atoms with Gasteiger partial charge in [0.1, 0.15) is 6.20 Å². The summed E-state index contributed by atoms with van der Waals surface area (Å²) in [6.45, 7) is 0. The molecule has 0 atom stereocenters. The van der Waals surface area contributed by atoms with E-state index in [1.165, 1.54) is 12.4 Å². The van der Waals surface area contributed by atoms with Gasteiger partial charge in [0.15, 0.2) is 0 Å². The fourth-order valence-electron chi connectivity index (χ4n) is 0.357. The highest BCUT2D eigenvalue weighted by Crippen LogP contribution is 2.25. The van der Waals surface area contributed by atoms with Gasteiger partial charge in [0, 0.05) is 0 Å². The van der Waals surface area contributed by atoms with Gasteiger partial charge in [-0.3, -0.25) is 0 Å². The molecule has 0 amide bonds. The first-order valence-electron chi connectivity index (χ1n) is 2.73. The third kappa shape index (κ3) is 8.63. The Hall–Kier alpha value is -1.28. The Morgan fingerprint density at radius 3 is 2.15 bits per heavy atom. The molecule has 0 saturated carbocycles. The summed E-state index contributed by atoms with van der Waals surface area (Å²) < 4.78 is 8.88. The van der Waals surface area contributed by atoms with Crippen molar-refractivity contribution in [3.05, 3.63) is 22.5 Å². The second-order valence-corrected chi connectivity index (χ2v) is 2.71. The number of hydrogen-bond donors (Lipinski definition) is 4. The van der Waals surface area contributed by atoms with Gasteiger partial charge in [0.2, 0.25) is 0 Å². The van der Waals surface area contributed by atoms with E-state index >= 15 is 0 Å². The molecule has 4 N–H and O–H groups in total. The van der Waals surface area contributed by atoms with Crippen LogP contribution in [0.25, 0.3) is 0 Å². The lowest BCUT2D eigenvalue weighted by Crippen LogP contribution is -1.88. The lowest BCUT2D eigenvalue weighted by atomic mass is 11.0. The van der Waals surface area contributed by atoms with Gasteiger partial charge in [-0.25, -0.2) is 9.55 Å². The van der Waals surface area contributed by atoms with Crippen LogP contribution in [0.5, 0.6) is 0 Å². The minimum Gasteiger partial charge on any atom is -0.390 e. The third-order valence-corrected chi connectivity index (χ3v) is 0.657. The van der Waals surface area contributed by atoms with Crippen molar-refractivity contribution in [3.8, 4) is 0 Å². The average molecular weight is 211 g/mol. The molecular formula is C3H6N3O6P. The van der Waals surface area contributed by atoms with E-state index in [0.29, 0.717) is 0 Å². The van der Waals surface area contributed by atoms with Crippen LogP contribution in [0, 0.1) is 10.1 Å². The van der Waals surface area contributed by atoms with E-state index in [9.17, 15) is 10.1 Å². The van der Waals surface area contributed by atoms with Crippen LogP contribution >= 0.6 is 7.82 Å². The molecule has 10 heteroatoms. The number of imidazole rings is 1. The van der Waals surface area contributed by atoms with Crippen LogP contribution in [-0.4, -0.2) is 29.6 Å². The summed E-state index contributed by atoms with van der Waals surface area (Å²) in [4.78, 5) is 36.4. The van der Waals surface area contributed by atoms with Crippen LogP contribution in [0.2, 0.25) is 0 Å². The molecule has 0 unspecified atom stereocenters. The molecule has 0 aliphatic heterocycles. The lowest BCUT2D eigenvalue weighted by molar-refractivity contribution is -0.393. The Morgan fingerprint density at radius 1 is 1.54 bits per heavy atom. The maximum Gasteiger partial charge on any atom is 0.466 e. The molecule has 13 heavy (non-hydrogen) atoms. The molecule has 1 heterocycles. The number of nitrogens with one attached hydrogen (secondary N) is 1. The van der Waals surface area contributed by atoms with Crippen LogP contribution in [0.1, 0.15) is 0 Å². The molecule has 0 saturated heterocycles. The molecule has 0 radical (unpaired) electrons. The second-order valence-electron chi connectivity index (χ2n) is 1.68. The molecule has 9 nitrogen and oxygen atoms in total. The number of phosphoric acid groups is 1. The molecule has 0 aromatic carbocycles. The molecule has 0 spiro atoms. The monoisotopic (exact) mass is 211 g/mol. The fourth-order valence-corrected chi connectivity index (χ4v) is 0.357. The highest BCUT2D eigenvalue weighted by Gasteiger charge is 2.01. The van der Waals surface area contributed by atoms with Gasteiger partial charge in [-0.15, -0.1) is 0 Å². The van der Waals surface area contributed by atoms with Crippen molar-refractivity contribution in [3.63, 3.8) is 0 Å². The quantitative estimate of drug-likeness (QED) is 0.275. The van der Waals surface area contributed by atoms with Crippen LogP contribution in [0.4, 0.5) is 5.95 Å². The third-order valence-electron chi connectivity index (χ3n) is 0.657. The summed E-state index contributed by atoms with van der Waals surface area (Å²) in [5.41, 5.74) is 0. The largest absolute Gasteiger partial charge is 0.466 e. The number of aromatic amines is 1. The molecule has 1 rings (SSSR count). The van der Waals surface area contributed by atoms with E-state index in [2.05, 4.69) is 9.97 Å². The van der Waals surface area contributed by atoms with Crippen LogP contribution < -0.4 is 0 Å². The number of nitrogens with zero attached hydrogens (tertiary/aromatic N) is 2. The first-order chi connectivity index (χ1) is 5.80. The van der Waals surface area contributed by atoms with Crippen molar-refractivity contribution in [1.82, 2.24) is 9.97 Å². The Morgan fingerprint density at radius 2 is 2.00 bits per heavy atom. The van der Waals surface area contributed by atoms with Gasteiger partial charge in [0.05, 0.1) is 6.20 Å². The van der Waals surface area contributed by atoms with Gasteiger partial charge in [-0.2, -0.15) is 0 Å². The first-order valence-corrected chi connectivity index (χ1v) is 4.29. The summed E-state index contributed by atoms with van der Waals surface area (Å²) in [5, 5.41) is 9.77. The summed E-state index contributed by atoms with van der Waals surface area (Å²) in [6.07, 6.45) is 2.73. The highest BCUT2D eigenvalue weighted by molar-refractivity contribution is 7.45. The van der Waals surface area contributed by atoms with Crippen molar-refractivity contribution >= 4 is 13.8 Å². The lowest BCUT2D eigenvalue weighted by Gasteiger charge is -1.83. The zero-order valence-corrected chi connectivity index (χ0v) is 6.96. The number of rotatable bonds is 1. The zero-order valence-electron chi connectivity index (χ0n) is 6.06. The molecule has 74 valence electrons. The number of H-pyrrole nitrogens is 1.